The van der Waals surface area contributed by atoms with Crippen LogP contribution in [-0.2, 0) is 9.47 Å². The molecule has 0 spiro atoms. The Bertz CT molecular complexity index is 184. The number of ether oxygens (including phenoxy) is 2. The van der Waals surface area contributed by atoms with Crippen LogP contribution in [0.2, 0.25) is 0 Å². The number of hydrogen-bond acceptors (Lipinski definition) is 4. The van der Waals surface area contributed by atoms with Crippen LogP contribution in [0.1, 0.15) is 38.5 Å². The maximum Gasteiger partial charge on any atom is 0.0700 e. The molecule has 4 nitrogen and oxygen atoms in total. The first kappa shape index (κ1) is 15.9. The van der Waals surface area contributed by atoms with Crippen molar-refractivity contribution in [3.8, 4) is 0 Å². The largest absolute Gasteiger partial charge is 0.395 e. The standard InChI is InChI=1S/C14H29NO3/c1-17-12-13-18-11-5-8-15(9-10-16)14-6-3-2-4-7-14/h14,16H,2-13H2,1H3. The van der Waals surface area contributed by atoms with Crippen LogP contribution in [0.5, 0.6) is 0 Å². The van der Waals surface area contributed by atoms with E-state index >= 15 is 0 Å². The van der Waals surface area contributed by atoms with E-state index in [4.69, 9.17) is 14.6 Å². The van der Waals surface area contributed by atoms with Crippen molar-refractivity contribution in [2.75, 3.05) is 46.6 Å². The summed E-state index contributed by atoms with van der Waals surface area (Å²) < 4.78 is 10.4. The van der Waals surface area contributed by atoms with Crippen LogP contribution >= 0.6 is 0 Å². The molecule has 1 fully saturated rings. The van der Waals surface area contributed by atoms with Crippen molar-refractivity contribution in [1.82, 2.24) is 4.90 Å². The van der Waals surface area contributed by atoms with E-state index in [9.17, 15) is 0 Å². The minimum atomic E-state index is 0.265. The van der Waals surface area contributed by atoms with Gasteiger partial charge in [0, 0.05) is 32.8 Å². The normalized spacial score (nSPS) is 17.5. The molecule has 1 saturated carbocycles. The zero-order valence-corrected chi connectivity index (χ0v) is 11.8. The number of aliphatic hydroxyl groups is 1. The van der Waals surface area contributed by atoms with Gasteiger partial charge in [-0.1, -0.05) is 19.3 Å². The molecule has 108 valence electrons. The van der Waals surface area contributed by atoms with E-state index in [0.29, 0.717) is 19.3 Å². The van der Waals surface area contributed by atoms with Crippen LogP contribution in [0.3, 0.4) is 0 Å². The molecule has 1 N–H and O–H groups in total. The molecular formula is C14H29NO3. The summed E-state index contributed by atoms with van der Waals surface area (Å²) in [5.74, 6) is 0. The van der Waals surface area contributed by atoms with E-state index in [1.54, 1.807) is 7.11 Å². The molecule has 1 aliphatic carbocycles. The molecule has 1 aliphatic rings. The zero-order valence-electron chi connectivity index (χ0n) is 11.8. The Morgan fingerprint density at radius 2 is 1.83 bits per heavy atom. The van der Waals surface area contributed by atoms with Crippen molar-refractivity contribution in [2.24, 2.45) is 0 Å². The number of methoxy groups -OCH3 is 1. The first-order valence-electron chi connectivity index (χ1n) is 7.30. The quantitative estimate of drug-likeness (QED) is 0.606. The first-order valence-corrected chi connectivity index (χ1v) is 7.30. The number of rotatable bonds is 10. The Labute approximate surface area is 111 Å². The zero-order chi connectivity index (χ0) is 13.1. The number of hydrogen-bond donors (Lipinski definition) is 1. The van der Waals surface area contributed by atoms with Gasteiger partial charge in [0.2, 0.25) is 0 Å². The van der Waals surface area contributed by atoms with Gasteiger partial charge in [0.15, 0.2) is 0 Å². The van der Waals surface area contributed by atoms with Crippen molar-refractivity contribution in [3.63, 3.8) is 0 Å². The Morgan fingerprint density at radius 1 is 1.06 bits per heavy atom. The summed E-state index contributed by atoms with van der Waals surface area (Å²) in [5, 5.41) is 9.15. The van der Waals surface area contributed by atoms with Gasteiger partial charge in [-0.25, -0.2) is 0 Å². The lowest BCUT2D eigenvalue weighted by molar-refractivity contribution is 0.0578. The predicted molar refractivity (Wildman–Crippen MR) is 72.8 cm³/mol. The maximum absolute atomic E-state index is 9.15. The van der Waals surface area contributed by atoms with Gasteiger partial charge in [-0.3, -0.25) is 4.90 Å². The molecule has 0 bridgehead atoms. The highest BCUT2D eigenvalue weighted by Gasteiger charge is 2.19. The van der Waals surface area contributed by atoms with Crippen molar-refractivity contribution in [3.05, 3.63) is 0 Å². The van der Waals surface area contributed by atoms with E-state index in [0.717, 1.165) is 26.1 Å². The van der Waals surface area contributed by atoms with Crippen molar-refractivity contribution in [2.45, 2.75) is 44.6 Å². The van der Waals surface area contributed by atoms with Gasteiger partial charge in [0.05, 0.1) is 19.8 Å². The molecule has 1 rings (SSSR count). The van der Waals surface area contributed by atoms with Crippen LogP contribution in [0.4, 0.5) is 0 Å². The molecule has 0 aliphatic heterocycles. The summed E-state index contributed by atoms with van der Waals surface area (Å²) in [7, 11) is 1.69. The SMILES string of the molecule is COCCOCCCN(CCO)C1CCCCC1. The Morgan fingerprint density at radius 3 is 2.50 bits per heavy atom. The summed E-state index contributed by atoms with van der Waals surface area (Å²) in [4.78, 5) is 2.44. The lowest BCUT2D eigenvalue weighted by Crippen LogP contribution is -2.39. The van der Waals surface area contributed by atoms with Gasteiger partial charge in [0.1, 0.15) is 0 Å². The highest BCUT2D eigenvalue weighted by molar-refractivity contribution is 4.75. The van der Waals surface area contributed by atoms with Gasteiger partial charge < -0.3 is 14.6 Å². The maximum atomic E-state index is 9.15. The van der Waals surface area contributed by atoms with Gasteiger partial charge in [-0.2, -0.15) is 0 Å². The predicted octanol–water partition coefficient (Wildman–Crippen LogP) is 1.67. The minimum absolute atomic E-state index is 0.265. The van der Waals surface area contributed by atoms with Crippen LogP contribution in [-0.4, -0.2) is 62.7 Å². The molecule has 0 unspecified atom stereocenters. The molecule has 18 heavy (non-hydrogen) atoms. The second kappa shape index (κ2) is 10.7. The topological polar surface area (TPSA) is 41.9 Å². The van der Waals surface area contributed by atoms with Crippen molar-refractivity contribution in [1.29, 1.82) is 0 Å². The van der Waals surface area contributed by atoms with Crippen molar-refractivity contribution < 1.29 is 14.6 Å². The smallest absolute Gasteiger partial charge is 0.0700 e. The molecule has 0 amide bonds. The van der Waals surface area contributed by atoms with Gasteiger partial charge in [0.25, 0.3) is 0 Å². The second-order valence-corrected chi connectivity index (χ2v) is 5.01. The van der Waals surface area contributed by atoms with Crippen LogP contribution < -0.4 is 0 Å². The molecule has 0 heterocycles. The Kier molecular flexibility index (Phi) is 9.48. The van der Waals surface area contributed by atoms with Crippen LogP contribution in [0.25, 0.3) is 0 Å². The average Bonchev–Trinajstić information content (AvgIpc) is 2.42. The summed E-state index contributed by atoms with van der Waals surface area (Å²) >= 11 is 0. The van der Waals surface area contributed by atoms with E-state index in [2.05, 4.69) is 4.90 Å². The van der Waals surface area contributed by atoms with Gasteiger partial charge >= 0.3 is 0 Å². The highest BCUT2D eigenvalue weighted by Crippen LogP contribution is 2.22. The fourth-order valence-electron chi connectivity index (χ4n) is 2.67. The molecule has 0 radical (unpaired) electrons. The van der Waals surface area contributed by atoms with Crippen molar-refractivity contribution >= 4 is 0 Å². The molecular weight excluding hydrogens is 230 g/mol. The monoisotopic (exact) mass is 259 g/mol. The van der Waals surface area contributed by atoms with Gasteiger partial charge in [-0.15, -0.1) is 0 Å². The molecule has 4 heteroatoms. The van der Waals surface area contributed by atoms with E-state index in [1.807, 2.05) is 0 Å². The van der Waals surface area contributed by atoms with Crippen LogP contribution in [0.15, 0.2) is 0 Å². The first-order chi connectivity index (χ1) is 8.88. The fourth-order valence-corrected chi connectivity index (χ4v) is 2.67. The number of nitrogens with zero attached hydrogens (tertiary/aromatic N) is 1. The summed E-state index contributed by atoms with van der Waals surface area (Å²) in [6.07, 6.45) is 7.70. The van der Waals surface area contributed by atoms with E-state index in [1.165, 1.54) is 32.1 Å². The second-order valence-electron chi connectivity index (χ2n) is 5.01. The van der Waals surface area contributed by atoms with E-state index in [-0.39, 0.29) is 6.61 Å². The Balaban J connectivity index is 2.12. The lowest BCUT2D eigenvalue weighted by atomic mass is 9.94. The van der Waals surface area contributed by atoms with Gasteiger partial charge in [-0.05, 0) is 19.3 Å². The van der Waals surface area contributed by atoms with Crippen LogP contribution in [0, 0.1) is 0 Å². The third-order valence-electron chi connectivity index (χ3n) is 3.64. The molecule has 0 aromatic carbocycles. The average molecular weight is 259 g/mol. The lowest BCUT2D eigenvalue weighted by Gasteiger charge is -2.33. The summed E-state index contributed by atoms with van der Waals surface area (Å²) in [5.41, 5.74) is 0. The molecule has 0 saturated heterocycles. The third kappa shape index (κ3) is 6.69. The molecule has 0 atom stereocenters. The summed E-state index contributed by atoms with van der Waals surface area (Å²) in [6.45, 7) is 4.25. The molecule has 0 aromatic rings. The molecule has 0 aromatic heterocycles. The summed E-state index contributed by atoms with van der Waals surface area (Å²) in [6, 6.07) is 0.685. The third-order valence-corrected chi connectivity index (χ3v) is 3.64. The Hall–Kier alpha value is -0.160. The highest BCUT2D eigenvalue weighted by atomic mass is 16.5. The fraction of sp³-hybridized carbons (Fsp3) is 1.00. The van der Waals surface area contributed by atoms with E-state index < -0.39 is 0 Å². The minimum Gasteiger partial charge on any atom is -0.395 e. The number of aliphatic hydroxyl groups excluding tert-OH is 1.